The second-order valence-electron chi connectivity index (χ2n) is 5.63. The highest BCUT2D eigenvalue weighted by Crippen LogP contribution is 2.38. The van der Waals surface area contributed by atoms with Crippen molar-refractivity contribution in [1.29, 1.82) is 0 Å². The van der Waals surface area contributed by atoms with E-state index in [9.17, 15) is 5.11 Å². The highest BCUT2D eigenvalue weighted by Gasteiger charge is 2.41. The average molecular weight is 297 g/mol. The first-order valence-corrected chi connectivity index (χ1v) is 7.69. The summed E-state index contributed by atoms with van der Waals surface area (Å²) in [4.78, 5) is 2.31. The van der Waals surface area contributed by atoms with Crippen molar-refractivity contribution in [1.82, 2.24) is 14.7 Å². The van der Waals surface area contributed by atoms with Crippen molar-refractivity contribution in [3.63, 3.8) is 0 Å². The zero-order chi connectivity index (χ0) is 15.5. The third kappa shape index (κ3) is 2.93. The van der Waals surface area contributed by atoms with Crippen molar-refractivity contribution in [3.05, 3.63) is 11.9 Å². The zero-order valence-electron chi connectivity index (χ0n) is 13.5. The average Bonchev–Trinajstić information content (AvgIpc) is 2.97. The van der Waals surface area contributed by atoms with E-state index in [-0.39, 0.29) is 5.54 Å². The van der Waals surface area contributed by atoms with Gasteiger partial charge in [0.15, 0.2) is 5.75 Å². The molecule has 1 aromatic rings. The third-order valence-electron chi connectivity index (χ3n) is 4.66. The van der Waals surface area contributed by atoms with Gasteiger partial charge in [0.25, 0.3) is 0 Å². The van der Waals surface area contributed by atoms with E-state index < -0.39 is 6.10 Å². The third-order valence-corrected chi connectivity index (χ3v) is 4.66. The SMILES string of the molecule is CCn1ncc(OC)c1C(O)C(C)(CC)N1CCOCC1. The molecule has 1 aromatic heterocycles. The smallest absolute Gasteiger partial charge is 0.162 e. The van der Waals surface area contributed by atoms with Crippen LogP contribution < -0.4 is 4.74 Å². The Hall–Kier alpha value is -1.11. The Bertz CT molecular complexity index is 436. The van der Waals surface area contributed by atoms with Gasteiger partial charge in [-0.15, -0.1) is 0 Å². The van der Waals surface area contributed by atoms with Crippen molar-refractivity contribution in [2.45, 2.75) is 45.4 Å². The Morgan fingerprint density at radius 2 is 2.10 bits per heavy atom. The number of methoxy groups -OCH3 is 1. The Balaban J connectivity index is 2.34. The Kier molecular flexibility index (Phi) is 5.24. The van der Waals surface area contributed by atoms with Crippen molar-refractivity contribution < 1.29 is 14.6 Å². The minimum atomic E-state index is -0.655. The van der Waals surface area contributed by atoms with Gasteiger partial charge in [-0.1, -0.05) is 6.92 Å². The largest absolute Gasteiger partial charge is 0.493 e. The lowest BCUT2D eigenvalue weighted by Gasteiger charge is -2.45. The maximum atomic E-state index is 11.1. The van der Waals surface area contributed by atoms with E-state index in [2.05, 4.69) is 23.8 Å². The van der Waals surface area contributed by atoms with E-state index >= 15 is 0 Å². The maximum Gasteiger partial charge on any atom is 0.162 e. The maximum absolute atomic E-state index is 11.1. The van der Waals surface area contributed by atoms with E-state index in [1.165, 1.54) is 0 Å². The normalized spacial score (nSPS) is 21.0. The fraction of sp³-hybridized carbons (Fsp3) is 0.800. The van der Waals surface area contributed by atoms with Crippen molar-refractivity contribution in [2.24, 2.45) is 0 Å². The molecule has 1 fully saturated rings. The van der Waals surface area contributed by atoms with Gasteiger partial charge in [-0.05, 0) is 20.3 Å². The molecule has 120 valence electrons. The number of hydrogen-bond donors (Lipinski definition) is 1. The molecule has 0 radical (unpaired) electrons. The van der Waals surface area contributed by atoms with Crippen LogP contribution in [0.1, 0.15) is 39.0 Å². The highest BCUT2D eigenvalue weighted by atomic mass is 16.5. The molecule has 0 aromatic carbocycles. The fourth-order valence-electron chi connectivity index (χ4n) is 3.02. The van der Waals surface area contributed by atoms with Crippen LogP contribution in [0.2, 0.25) is 0 Å². The minimum absolute atomic E-state index is 0.357. The number of morpholine rings is 1. The molecule has 1 N–H and O–H groups in total. The number of nitrogens with zero attached hydrogens (tertiary/aromatic N) is 3. The van der Waals surface area contributed by atoms with Gasteiger partial charge in [0.1, 0.15) is 11.8 Å². The molecular formula is C15H27N3O3. The molecule has 0 aliphatic carbocycles. The van der Waals surface area contributed by atoms with E-state index in [4.69, 9.17) is 9.47 Å². The molecule has 1 aliphatic rings. The summed E-state index contributed by atoms with van der Waals surface area (Å²) in [6.07, 6.45) is 1.86. The first-order valence-electron chi connectivity index (χ1n) is 7.69. The van der Waals surface area contributed by atoms with Crippen LogP contribution in [-0.2, 0) is 11.3 Å². The second kappa shape index (κ2) is 6.77. The molecule has 2 unspecified atom stereocenters. The summed E-state index contributed by atoms with van der Waals surface area (Å²) in [6.45, 7) is 10.0. The van der Waals surface area contributed by atoms with Crippen LogP contribution in [0.15, 0.2) is 6.20 Å². The topological polar surface area (TPSA) is 59.8 Å². The number of hydrogen-bond acceptors (Lipinski definition) is 5. The highest BCUT2D eigenvalue weighted by molar-refractivity contribution is 5.29. The number of aromatic nitrogens is 2. The van der Waals surface area contributed by atoms with Gasteiger partial charge in [0, 0.05) is 25.2 Å². The van der Waals surface area contributed by atoms with E-state index in [0.717, 1.165) is 25.2 Å². The zero-order valence-corrected chi connectivity index (χ0v) is 13.5. The Morgan fingerprint density at radius 1 is 1.43 bits per heavy atom. The monoisotopic (exact) mass is 297 g/mol. The quantitative estimate of drug-likeness (QED) is 0.861. The van der Waals surface area contributed by atoms with Crippen LogP contribution in [-0.4, -0.2) is 58.7 Å². The molecule has 21 heavy (non-hydrogen) atoms. The Labute approximate surface area is 126 Å². The molecule has 0 saturated carbocycles. The number of aliphatic hydroxyl groups is 1. The standard InChI is InChI=1S/C15H27N3O3/c1-5-15(3,17-7-9-21-10-8-17)14(19)13-12(20-4)11-16-18(13)6-2/h11,14,19H,5-10H2,1-4H3. The van der Waals surface area contributed by atoms with Crippen molar-refractivity contribution in [2.75, 3.05) is 33.4 Å². The van der Waals surface area contributed by atoms with E-state index in [0.29, 0.717) is 25.5 Å². The summed E-state index contributed by atoms with van der Waals surface area (Å²) in [6, 6.07) is 0. The van der Waals surface area contributed by atoms with Crippen LogP contribution in [0, 0.1) is 0 Å². The molecule has 0 amide bonds. The van der Waals surface area contributed by atoms with Gasteiger partial charge in [0.05, 0.1) is 26.5 Å². The number of aryl methyl sites for hydroxylation is 1. The molecule has 2 atom stereocenters. The second-order valence-corrected chi connectivity index (χ2v) is 5.63. The fourth-order valence-corrected chi connectivity index (χ4v) is 3.02. The summed E-state index contributed by atoms with van der Waals surface area (Å²) in [5, 5.41) is 15.4. The summed E-state index contributed by atoms with van der Waals surface area (Å²) < 4.78 is 12.6. The predicted molar refractivity (Wildman–Crippen MR) is 80.5 cm³/mol. The van der Waals surface area contributed by atoms with Crippen LogP contribution in [0.25, 0.3) is 0 Å². The lowest BCUT2D eigenvalue weighted by molar-refractivity contribution is -0.0763. The van der Waals surface area contributed by atoms with E-state index in [1.807, 2.05) is 11.6 Å². The molecule has 0 spiro atoms. The molecule has 1 aliphatic heterocycles. The molecule has 1 saturated heterocycles. The number of ether oxygens (including phenoxy) is 2. The number of aliphatic hydroxyl groups excluding tert-OH is 1. The van der Waals surface area contributed by atoms with Crippen LogP contribution in [0.5, 0.6) is 5.75 Å². The van der Waals surface area contributed by atoms with E-state index in [1.54, 1.807) is 13.3 Å². The van der Waals surface area contributed by atoms with Crippen LogP contribution >= 0.6 is 0 Å². The lowest BCUT2D eigenvalue weighted by Crippen LogP contribution is -2.55. The summed E-state index contributed by atoms with van der Waals surface area (Å²) in [7, 11) is 1.62. The van der Waals surface area contributed by atoms with Crippen LogP contribution in [0.3, 0.4) is 0 Å². The van der Waals surface area contributed by atoms with Gasteiger partial charge in [-0.25, -0.2) is 0 Å². The molecule has 0 bridgehead atoms. The molecule has 6 heteroatoms. The van der Waals surface area contributed by atoms with Crippen molar-refractivity contribution >= 4 is 0 Å². The van der Waals surface area contributed by atoms with Gasteiger partial charge < -0.3 is 14.6 Å². The lowest BCUT2D eigenvalue weighted by atomic mass is 9.86. The molecule has 2 rings (SSSR count). The molecular weight excluding hydrogens is 270 g/mol. The summed E-state index contributed by atoms with van der Waals surface area (Å²) in [5.41, 5.74) is 0.403. The number of rotatable bonds is 6. The first-order chi connectivity index (χ1) is 10.1. The molecule has 2 heterocycles. The predicted octanol–water partition coefficient (Wildman–Crippen LogP) is 1.45. The van der Waals surface area contributed by atoms with Gasteiger partial charge in [0.2, 0.25) is 0 Å². The Morgan fingerprint density at radius 3 is 2.62 bits per heavy atom. The summed E-state index contributed by atoms with van der Waals surface area (Å²) >= 11 is 0. The molecule has 6 nitrogen and oxygen atoms in total. The summed E-state index contributed by atoms with van der Waals surface area (Å²) in [5.74, 6) is 0.650. The van der Waals surface area contributed by atoms with Crippen LogP contribution in [0.4, 0.5) is 0 Å². The first kappa shape index (κ1) is 16.3. The van der Waals surface area contributed by atoms with Crippen molar-refractivity contribution in [3.8, 4) is 5.75 Å². The minimum Gasteiger partial charge on any atom is -0.493 e. The van der Waals surface area contributed by atoms with Gasteiger partial charge in [-0.2, -0.15) is 5.10 Å². The van der Waals surface area contributed by atoms with Gasteiger partial charge in [-0.3, -0.25) is 9.58 Å². The van der Waals surface area contributed by atoms with Gasteiger partial charge >= 0.3 is 0 Å².